The first-order valence-electron chi connectivity index (χ1n) is 6.56. The number of carbonyl (C=O) groups excluding carboxylic acids is 2. The Bertz CT molecular complexity index is 481. The lowest BCUT2D eigenvalue weighted by atomic mass is 9.93. The van der Waals surface area contributed by atoms with E-state index in [0.717, 1.165) is 12.0 Å². The van der Waals surface area contributed by atoms with Gasteiger partial charge in [-0.2, -0.15) is 0 Å². The first kappa shape index (κ1) is 13.6. The molecule has 4 heteroatoms. The van der Waals surface area contributed by atoms with Crippen molar-refractivity contribution in [2.75, 3.05) is 13.2 Å². The molecule has 0 amide bonds. The first-order chi connectivity index (χ1) is 9.13. The lowest BCUT2D eigenvalue weighted by Gasteiger charge is -2.24. The molecule has 0 saturated carbocycles. The van der Waals surface area contributed by atoms with Gasteiger partial charge in [-0.15, -0.1) is 0 Å². The topological polar surface area (TPSA) is 52.6 Å². The van der Waals surface area contributed by atoms with Gasteiger partial charge in [-0.1, -0.05) is 32.0 Å². The van der Waals surface area contributed by atoms with Crippen molar-refractivity contribution in [3.8, 4) is 0 Å². The molecule has 1 aromatic rings. The van der Waals surface area contributed by atoms with E-state index in [1.807, 2.05) is 26.0 Å². The van der Waals surface area contributed by atoms with Gasteiger partial charge >= 0.3 is 11.9 Å². The van der Waals surface area contributed by atoms with Gasteiger partial charge in [-0.05, 0) is 18.1 Å². The van der Waals surface area contributed by atoms with Gasteiger partial charge in [0.1, 0.15) is 13.2 Å². The number of cyclic esters (lactones) is 1. The van der Waals surface area contributed by atoms with E-state index in [1.165, 1.54) is 0 Å². The highest BCUT2D eigenvalue weighted by atomic mass is 16.5. The largest absolute Gasteiger partial charge is 0.465 e. The van der Waals surface area contributed by atoms with Crippen molar-refractivity contribution in [2.24, 2.45) is 5.92 Å². The molecule has 2 unspecified atom stereocenters. The highest BCUT2D eigenvalue weighted by Crippen LogP contribution is 2.26. The van der Waals surface area contributed by atoms with Gasteiger partial charge in [-0.3, -0.25) is 4.79 Å². The zero-order chi connectivity index (χ0) is 13.8. The van der Waals surface area contributed by atoms with Crippen LogP contribution >= 0.6 is 0 Å². The van der Waals surface area contributed by atoms with Crippen molar-refractivity contribution in [3.63, 3.8) is 0 Å². The van der Waals surface area contributed by atoms with Gasteiger partial charge in [0.25, 0.3) is 0 Å². The lowest BCUT2D eigenvalue weighted by molar-refractivity contribution is -0.148. The molecule has 1 heterocycles. The maximum atomic E-state index is 11.7. The summed E-state index contributed by atoms with van der Waals surface area (Å²) in [7, 11) is 0. The van der Waals surface area contributed by atoms with Crippen LogP contribution in [0.25, 0.3) is 0 Å². The van der Waals surface area contributed by atoms with Crippen LogP contribution in [0.5, 0.6) is 0 Å². The van der Waals surface area contributed by atoms with Crippen LogP contribution < -0.4 is 0 Å². The molecule has 1 aromatic carbocycles. The summed E-state index contributed by atoms with van der Waals surface area (Å²) >= 11 is 0. The second kappa shape index (κ2) is 5.87. The molecule has 2 atom stereocenters. The second-order valence-corrected chi connectivity index (χ2v) is 4.82. The van der Waals surface area contributed by atoms with E-state index in [9.17, 15) is 9.59 Å². The monoisotopic (exact) mass is 262 g/mol. The quantitative estimate of drug-likeness (QED) is 0.782. The third kappa shape index (κ3) is 2.95. The number of hydrogen-bond acceptors (Lipinski definition) is 4. The minimum atomic E-state index is -0.305. The zero-order valence-electron chi connectivity index (χ0n) is 11.2. The third-order valence-electron chi connectivity index (χ3n) is 3.48. The van der Waals surface area contributed by atoms with Crippen molar-refractivity contribution in [1.29, 1.82) is 0 Å². The second-order valence-electron chi connectivity index (χ2n) is 4.82. The van der Waals surface area contributed by atoms with Gasteiger partial charge in [0, 0.05) is 0 Å². The smallest absolute Gasteiger partial charge is 0.338 e. The van der Waals surface area contributed by atoms with Crippen LogP contribution in [0.4, 0.5) is 0 Å². The summed E-state index contributed by atoms with van der Waals surface area (Å²) < 4.78 is 10.4. The lowest BCUT2D eigenvalue weighted by Crippen LogP contribution is -2.27. The van der Waals surface area contributed by atoms with E-state index in [0.29, 0.717) is 5.56 Å². The molecule has 0 spiro atoms. The summed E-state index contributed by atoms with van der Waals surface area (Å²) in [6.45, 7) is 4.32. The van der Waals surface area contributed by atoms with Gasteiger partial charge in [0.15, 0.2) is 0 Å². The van der Waals surface area contributed by atoms with Gasteiger partial charge in [0.05, 0.1) is 17.4 Å². The van der Waals surface area contributed by atoms with Crippen LogP contribution in [0.2, 0.25) is 0 Å². The summed E-state index contributed by atoms with van der Waals surface area (Å²) in [5, 5.41) is 0. The highest BCUT2D eigenvalue weighted by molar-refractivity contribution is 5.92. The predicted molar refractivity (Wildman–Crippen MR) is 69.9 cm³/mol. The number of carbonyl (C=O) groups is 2. The van der Waals surface area contributed by atoms with E-state index in [1.54, 1.807) is 12.1 Å². The van der Waals surface area contributed by atoms with Gasteiger partial charge < -0.3 is 9.47 Å². The molecule has 0 fully saturated rings. The molecule has 0 aliphatic carbocycles. The fourth-order valence-corrected chi connectivity index (χ4v) is 2.01. The number of esters is 2. The normalized spacial score (nSPS) is 19.3. The fraction of sp³-hybridized carbons (Fsp3) is 0.467. The Morgan fingerprint density at radius 2 is 2.21 bits per heavy atom. The average molecular weight is 262 g/mol. The molecule has 1 aliphatic rings. The molecule has 0 aromatic heterocycles. The van der Waals surface area contributed by atoms with Crippen LogP contribution in [-0.4, -0.2) is 25.2 Å². The van der Waals surface area contributed by atoms with Crippen LogP contribution in [0.15, 0.2) is 24.3 Å². The Kier molecular flexibility index (Phi) is 4.20. The SMILES string of the molecule is CCC(C)C(=O)OCC1COC(=O)c2ccccc21. The molecule has 2 rings (SSSR count). The Morgan fingerprint density at radius 1 is 1.47 bits per heavy atom. The molecule has 19 heavy (non-hydrogen) atoms. The molecular weight excluding hydrogens is 244 g/mol. The van der Waals surface area contributed by atoms with E-state index >= 15 is 0 Å². The number of fused-ring (bicyclic) bond motifs is 1. The summed E-state index contributed by atoms with van der Waals surface area (Å²) in [6.07, 6.45) is 0.759. The number of benzene rings is 1. The minimum absolute atomic E-state index is 0.0677. The summed E-state index contributed by atoms with van der Waals surface area (Å²) in [5.74, 6) is -0.666. The van der Waals surface area contributed by atoms with Crippen LogP contribution in [0.3, 0.4) is 0 Å². The minimum Gasteiger partial charge on any atom is -0.465 e. The molecule has 102 valence electrons. The maximum Gasteiger partial charge on any atom is 0.338 e. The van der Waals surface area contributed by atoms with Crippen molar-refractivity contribution >= 4 is 11.9 Å². The molecule has 0 saturated heterocycles. The van der Waals surface area contributed by atoms with Gasteiger partial charge in [-0.25, -0.2) is 4.79 Å². The Balaban J connectivity index is 2.05. The standard InChI is InChI=1S/C15H18O4/c1-3-10(2)14(16)18-8-11-9-19-15(17)13-7-5-4-6-12(11)13/h4-7,10-11H,3,8-9H2,1-2H3. The molecule has 4 nitrogen and oxygen atoms in total. The Labute approximate surface area is 112 Å². The molecule has 0 radical (unpaired) electrons. The average Bonchev–Trinajstić information content (AvgIpc) is 2.45. The predicted octanol–water partition coefficient (Wildman–Crippen LogP) is 2.53. The van der Waals surface area contributed by atoms with E-state index < -0.39 is 0 Å². The molecular formula is C15H18O4. The van der Waals surface area contributed by atoms with E-state index in [-0.39, 0.29) is 37.0 Å². The molecule has 0 bridgehead atoms. The van der Waals surface area contributed by atoms with Crippen LogP contribution in [-0.2, 0) is 14.3 Å². The molecule has 0 N–H and O–H groups in total. The summed E-state index contributed by atoms with van der Waals surface area (Å²) in [6, 6.07) is 7.30. The summed E-state index contributed by atoms with van der Waals surface area (Å²) in [4.78, 5) is 23.3. The fourth-order valence-electron chi connectivity index (χ4n) is 2.01. The van der Waals surface area contributed by atoms with Crippen molar-refractivity contribution < 1.29 is 19.1 Å². The number of hydrogen-bond donors (Lipinski definition) is 0. The summed E-state index contributed by atoms with van der Waals surface area (Å²) in [5.41, 5.74) is 1.47. The van der Waals surface area contributed by atoms with E-state index in [4.69, 9.17) is 9.47 Å². The maximum absolute atomic E-state index is 11.7. The Morgan fingerprint density at radius 3 is 2.95 bits per heavy atom. The van der Waals surface area contributed by atoms with Crippen LogP contribution in [0.1, 0.15) is 42.1 Å². The van der Waals surface area contributed by atoms with Crippen molar-refractivity contribution in [2.45, 2.75) is 26.2 Å². The van der Waals surface area contributed by atoms with Gasteiger partial charge in [0.2, 0.25) is 0 Å². The third-order valence-corrected chi connectivity index (χ3v) is 3.48. The van der Waals surface area contributed by atoms with E-state index in [2.05, 4.69) is 0 Å². The first-order valence-corrected chi connectivity index (χ1v) is 6.56. The van der Waals surface area contributed by atoms with Crippen molar-refractivity contribution in [3.05, 3.63) is 35.4 Å². The molecule has 1 aliphatic heterocycles. The zero-order valence-corrected chi connectivity index (χ0v) is 11.2. The van der Waals surface area contributed by atoms with Crippen LogP contribution in [0, 0.1) is 5.92 Å². The number of ether oxygens (including phenoxy) is 2. The number of rotatable bonds is 4. The van der Waals surface area contributed by atoms with Crippen molar-refractivity contribution in [1.82, 2.24) is 0 Å². The highest BCUT2D eigenvalue weighted by Gasteiger charge is 2.27. The Hall–Kier alpha value is -1.84.